The summed E-state index contributed by atoms with van der Waals surface area (Å²) in [6, 6.07) is 14.9. The van der Waals surface area contributed by atoms with Crippen LogP contribution in [-0.2, 0) is 6.54 Å². The van der Waals surface area contributed by atoms with Crippen LogP contribution in [0.3, 0.4) is 0 Å². The summed E-state index contributed by atoms with van der Waals surface area (Å²) in [5, 5.41) is 12.1. The molecule has 1 aromatic heterocycles. The molecule has 146 valence electrons. The van der Waals surface area contributed by atoms with Crippen molar-refractivity contribution in [2.24, 2.45) is 0 Å². The second-order valence-corrected chi connectivity index (χ2v) is 8.55. The van der Waals surface area contributed by atoms with E-state index in [9.17, 15) is 4.79 Å². The van der Waals surface area contributed by atoms with Gasteiger partial charge >= 0.3 is 0 Å². The summed E-state index contributed by atoms with van der Waals surface area (Å²) in [7, 11) is 0. The van der Waals surface area contributed by atoms with Gasteiger partial charge in [0.2, 0.25) is 5.12 Å². The van der Waals surface area contributed by atoms with Crippen LogP contribution in [0.1, 0.15) is 35.7 Å². The maximum atomic E-state index is 12.2. The highest BCUT2D eigenvalue weighted by atomic mass is 32.2. The summed E-state index contributed by atoms with van der Waals surface area (Å²) in [5.74, 6) is 0.813. The maximum Gasteiger partial charge on any atom is 0.219 e. The molecule has 2 heterocycles. The molecule has 0 aliphatic carbocycles. The molecule has 1 saturated heterocycles. The van der Waals surface area contributed by atoms with Gasteiger partial charge in [-0.05, 0) is 55.0 Å². The van der Waals surface area contributed by atoms with E-state index in [0.717, 1.165) is 47.5 Å². The number of hydrogen-bond donors (Lipinski definition) is 2. The monoisotopic (exact) mass is 394 g/mol. The number of nitrogens with one attached hydrogen (secondary N) is 2. The van der Waals surface area contributed by atoms with Gasteiger partial charge in [0.15, 0.2) is 0 Å². The maximum absolute atomic E-state index is 12.2. The lowest BCUT2D eigenvalue weighted by molar-refractivity contribution is 0.108. The number of piperidine rings is 1. The smallest absolute Gasteiger partial charge is 0.219 e. The van der Waals surface area contributed by atoms with Gasteiger partial charge in [-0.15, -0.1) is 0 Å². The molecule has 4 rings (SSSR count). The molecule has 2 aromatic carbocycles. The van der Waals surface area contributed by atoms with Crippen LogP contribution in [0.5, 0.6) is 0 Å². The van der Waals surface area contributed by atoms with Crippen LogP contribution in [0.15, 0.2) is 48.7 Å². The van der Waals surface area contributed by atoms with Gasteiger partial charge in [-0.25, -0.2) is 0 Å². The molecule has 1 unspecified atom stereocenters. The molecule has 0 saturated carbocycles. The van der Waals surface area contributed by atoms with E-state index in [1.165, 1.54) is 30.2 Å². The van der Waals surface area contributed by atoms with Crippen LogP contribution in [0.4, 0.5) is 5.69 Å². The number of aromatic amines is 1. The molecule has 1 fully saturated rings. The fourth-order valence-corrected chi connectivity index (χ4v) is 4.41. The Morgan fingerprint density at radius 3 is 3.14 bits per heavy atom. The fourth-order valence-electron chi connectivity index (χ4n) is 3.85. The molecule has 6 heteroatoms. The molecule has 5 nitrogen and oxygen atoms in total. The second kappa shape index (κ2) is 8.80. The Hall–Kier alpha value is -2.31. The van der Waals surface area contributed by atoms with E-state index < -0.39 is 0 Å². The molecule has 0 bridgehead atoms. The number of nitrogens with zero attached hydrogens (tertiary/aromatic N) is 2. The van der Waals surface area contributed by atoms with Gasteiger partial charge in [-0.2, -0.15) is 5.10 Å². The van der Waals surface area contributed by atoms with E-state index in [2.05, 4.69) is 50.7 Å². The lowest BCUT2D eigenvalue weighted by atomic mass is 10.0. The first kappa shape index (κ1) is 19.0. The van der Waals surface area contributed by atoms with Gasteiger partial charge in [0.25, 0.3) is 0 Å². The highest BCUT2D eigenvalue weighted by Gasteiger charge is 2.20. The summed E-state index contributed by atoms with van der Waals surface area (Å²) in [6.07, 6.45) is 4.21. The molecule has 1 aliphatic heterocycles. The van der Waals surface area contributed by atoms with Crippen LogP contribution >= 0.6 is 11.8 Å². The number of hydrogen-bond acceptors (Lipinski definition) is 5. The van der Waals surface area contributed by atoms with Gasteiger partial charge in [-0.1, -0.05) is 36.9 Å². The number of carbonyl (C=O) groups excluding carboxylic acids is 1. The minimum atomic E-state index is 0.164. The Morgan fingerprint density at radius 1 is 1.32 bits per heavy atom. The molecule has 1 atom stereocenters. The van der Waals surface area contributed by atoms with E-state index in [0.29, 0.717) is 6.04 Å². The Bertz CT molecular complexity index is 954. The molecule has 0 amide bonds. The van der Waals surface area contributed by atoms with Crippen molar-refractivity contribution in [2.45, 2.75) is 32.4 Å². The average molecular weight is 395 g/mol. The standard InChI is InChI=1S/C22H26N4OS/c1-2-28-22(27)17-6-3-5-16(11-17)14-26-10-4-7-20(15-26)24-19-8-9-21-18(12-19)13-23-25-21/h3,5-6,8-9,11-13,20,24H,2,4,7,10,14-15H2,1H3,(H,23,25). The summed E-state index contributed by atoms with van der Waals surface area (Å²) < 4.78 is 0. The zero-order valence-electron chi connectivity index (χ0n) is 16.1. The number of likely N-dealkylation sites (tertiary alicyclic amines) is 1. The number of rotatable bonds is 6. The fraction of sp³-hybridized carbons (Fsp3) is 0.364. The Morgan fingerprint density at radius 2 is 2.25 bits per heavy atom. The molecule has 2 N–H and O–H groups in total. The third-order valence-electron chi connectivity index (χ3n) is 5.16. The minimum Gasteiger partial charge on any atom is -0.381 e. The number of anilines is 1. The first-order valence-corrected chi connectivity index (χ1v) is 10.9. The normalized spacial score (nSPS) is 17.7. The lowest BCUT2D eigenvalue weighted by Gasteiger charge is -2.33. The molecule has 0 spiro atoms. The summed E-state index contributed by atoms with van der Waals surface area (Å²) in [4.78, 5) is 14.6. The summed E-state index contributed by atoms with van der Waals surface area (Å²) >= 11 is 1.37. The highest BCUT2D eigenvalue weighted by Crippen LogP contribution is 2.22. The van der Waals surface area contributed by atoms with Crippen molar-refractivity contribution < 1.29 is 4.79 Å². The van der Waals surface area contributed by atoms with Crippen molar-refractivity contribution in [3.8, 4) is 0 Å². The third kappa shape index (κ3) is 4.56. The van der Waals surface area contributed by atoms with Crippen LogP contribution in [0, 0.1) is 0 Å². The number of fused-ring (bicyclic) bond motifs is 1. The lowest BCUT2D eigenvalue weighted by Crippen LogP contribution is -2.41. The average Bonchev–Trinajstić information content (AvgIpc) is 3.16. The Kier molecular flexibility index (Phi) is 5.98. The van der Waals surface area contributed by atoms with E-state index in [1.807, 2.05) is 25.3 Å². The van der Waals surface area contributed by atoms with Crippen molar-refractivity contribution in [3.63, 3.8) is 0 Å². The van der Waals surface area contributed by atoms with Crippen LogP contribution < -0.4 is 5.32 Å². The van der Waals surface area contributed by atoms with E-state index >= 15 is 0 Å². The largest absolute Gasteiger partial charge is 0.381 e. The van der Waals surface area contributed by atoms with Gasteiger partial charge in [0, 0.05) is 35.8 Å². The van der Waals surface area contributed by atoms with Crippen molar-refractivity contribution >= 4 is 33.5 Å². The molecular formula is C22H26N4OS. The van der Waals surface area contributed by atoms with E-state index in [1.54, 1.807) is 0 Å². The first-order valence-electron chi connectivity index (χ1n) is 9.89. The number of carbonyl (C=O) groups is 1. The SMILES string of the molecule is CCSC(=O)c1cccc(CN2CCCC(Nc3ccc4[nH]ncc4c3)C2)c1. The van der Waals surface area contributed by atoms with Crippen molar-refractivity contribution in [1.29, 1.82) is 0 Å². The summed E-state index contributed by atoms with van der Waals surface area (Å²) in [6.45, 7) is 5.00. The number of benzene rings is 2. The number of aromatic nitrogens is 2. The second-order valence-electron chi connectivity index (χ2n) is 7.31. The van der Waals surface area contributed by atoms with E-state index in [-0.39, 0.29) is 5.12 Å². The van der Waals surface area contributed by atoms with Gasteiger partial charge < -0.3 is 5.32 Å². The van der Waals surface area contributed by atoms with E-state index in [4.69, 9.17) is 0 Å². The highest BCUT2D eigenvalue weighted by molar-refractivity contribution is 8.14. The number of H-pyrrole nitrogens is 1. The molecule has 0 radical (unpaired) electrons. The van der Waals surface area contributed by atoms with Crippen LogP contribution in [0.2, 0.25) is 0 Å². The van der Waals surface area contributed by atoms with Crippen molar-refractivity contribution in [1.82, 2.24) is 15.1 Å². The third-order valence-corrected chi connectivity index (χ3v) is 5.95. The zero-order valence-corrected chi connectivity index (χ0v) is 17.0. The van der Waals surface area contributed by atoms with Gasteiger partial charge in [0.1, 0.15) is 0 Å². The van der Waals surface area contributed by atoms with Gasteiger partial charge in [-0.3, -0.25) is 14.8 Å². The zero-order chi connectivity index (χ0) is 19.3. The molecule has 3 aromatic rings. The molecular weight excluding hydrogens is 368 g/mol. The summed E-state index contributed by atoms with van der Waals surface area (Å²) in [5.41, 5.74) is 4.23. The van der Waals surface area contributed by atoms with Gasteiger partial charge in [0.05, 0.1) is 11.7 Å². The predicted molar refractivity (Wildman–Crippen MR) is 117 cm³/mol. The topological polar surface area (TPSA) is 61.0 Å². The number of thioether (sulfide) groups is 1. The minimum absolute atomic E-state index is 0.164. The molecule has 1 aliphatic rings. The van der Waals surface area contributed by atoms with Crippen molar-refractivity contribution in [2.75, 3.05) is 24.2 Å². The molecule has 28 heavy (non-hydrogen) atoms. The quantitative estimate of drug-likeness (QED) is 0.643. The van der Waals surface area contributed by atoms with Crippen LogP contribution in [-0.4, -0.2) is 45.1 Å². The predicted octanol–water partition coefficient (Wildman–Crippen LogP) is 4.53. The Labute approximate surface area is 169 Å². The Balaban J connectivity index is 1.38. The van der Waals surface area contributed by atoms with Crippen molar-refractivity contribution in [3.05, 3.63) is 59.8 Å². The van der Waals surface area contributed by atoms with Crippen LogP contribution in [0.25, 0.3) is 10.9 Å². The first-order chi connectivity index (χ1) is 13.7.